The summed E-state index contributed by atoms with van der Waals surface area (Å²) in [4.78, 5) is 18.6. The van der Waals surface area contributed by atoms with Crippen LogP contribution in [0, 0.1) is 0 Å². The van der Waals surface area contributed by atoms with Gasteiger partial charge in [-0.25, -0.2) is 4.98 Å². The maximum atomic E-state index is 12.5. The van der Waals surface area contributed by atoms with Gasteiger partial charge in [-0.15, -0.1) is 0 Å². The Balaban J connectivity index is 1.60. The number of carbonyl (C=O) groups is 1. The van der Waals surface area contributed by atoms with Crippen molar-refractivity contribution in [1.82, 2.24) is 14.5 Å². The maximum Gasteiger partial charge on any atom is 0.253 e. The molecule has 1 aromatic carbocycles. The average Bonchev–Trinajstić information content (AvgIpc) is 3.24. The van der Waals surface area contributed by atoms with Crippen molar-refractivity contribution >= 4 is 5.91 Å². The number of nitrogens with zero attached hydrogens (tertiary/aromatic N) is 3. The molecular formula is C18H23N3O2. The standard InChI is InChI=1S/C18H23N3O2/c1-20-12-11-19-17(20)13-23-16-9-7-14(8-10-16)18(22)21(2)15-5-3-4-6-15/h7-12,15H,3-6,13H2,1-2H3. The lowest BCUT2D eigenvalue weighted by atomic mass is 10.1. The Kier molecular flexibility index (Phi) is 4.65. The number of hydrogen-bond donors (Lipinski definition) is 0. The number of aromatic nitrogens is 2. The summed E-state index contributed by atoms with van der Waals surface area (Å²) in [5, 5.41) is 0. The van der Waals surface area contributed by atoms with E-state index in [4.69, 9.17) is 4.74 Å². The SMILES string of the molecule is CN(C(=O)c1ccc(OCc2nccn2C)cc1)C1CCCC1. The fraction of sp³-hybridized carbons (Fsp3) is 0.444. The fourth-order valence-electron chi connectivity index (χ4n) is 3.04. The van der Waals surface area contributed by atoms with Gasteiger partial charge in [0.15, 0.2) is 0 Å². The van der Waals surface area contributed by atoms with E-state index in [0.717, 1.165) is 24.4 Å². The molecule has 5 nitrogen and oxygen atoms in total. The van der Waals surface area contributed by atoms with Gasteiger partial charge < -0.3 is 14.2 Å². The highest BCUT2D eigenvalue weighted by Crippen LogP contribution is 2.24. The molecule has 122 valence electrons. The van der Waals surface area contributed by atoms with Crippen LogP contribution in [0.1, 0.15) is 41.9 Å². The van der Waals surface area contributed by atoms with Crippen molar-refractivity contribution in [3.63, 3.8) is 0 Å². The summed E-state index contributed by atoms with van der Waals surface area (Å²) in [6.07, 6.45) is 8.32. The van der Waals surface area contributed by atoms with Crippen LogP contribution in [0.15, 0.2) is 36.7 Å². The highest BCUT2D eigenvalue weighted by Gasteiger charge is 2.24. The third-order valence-corrected chi connectivity index (χ3v) is 4.58. The first-order chi connectivity index (χ1) is 11.1. The molecule has 1 amide bonds. The number of aryl methyl sites for hydroxylation is 1. The first-order valence-electron chi connectivity index (χ1n) is 8.11. The van der Waals surface area contributed by atoms with E-state index in [-0.39, 0.29) is 5.91 Å². The lowest BCUT2D eigenvalue weighted by molar-refractivity contribution is 0.0735. The van der Waals surface area contributed by atoms with Crippen molar-refractivity contribution < 1.29 is 9.53 Å². The number of hydrogen-bond acceptors (Lipinski definition) is 3. The molecule has 0 radical (unpaired) electrons. The van der Waals surface area contributed by atoms with Crippen LogP contribution < -0.4 is 4.74 Å². The van der Waals surface area contributed by atoms with E-state index in [1.807, 2.05) is 54.0 Å². The molecule has 0 aliphatic heterocycles. The number of amides is 1. The molecule has 23 heavy (non-hydrogen) atoms. The number of ether oxygens (including phenoxy) is 1. The molecule has 3 rings (SSSR count). The maximum absolute atomic E-state index is 12.5. The Bertz CT molecular complexity index is 657. The van der Waals surface area contributed by atoms with Gasteiger partial charge in [-0.1, -0.05) is 12.8 Å². The van der Waals surface area contributed by atoms with Crippen molar-refractivity contribution in [3.8, 4) is 5.75 Å². The third kappa shape index (κ3) is 3.55. The van der Waals surface area contributed by atoms with E-state index in [0.29, 0.717) is 18.2 Å². The molecule has 0 unspecified atom stereocenters. The Morgan fingerprint density at radius 1 is 1.30 bits per heavy atom. The third-order valence-electron chi connectivity index (χ3n) is 4.58. The van der Waals surface area contributed by atoms with Crippen molar-refractivity contribution in [2.75, 3.05) is 7.05 Å². The quantitative estimate of drug-likeness (QED) is 0.852. The highest BCUT2D eigenvalue weighted by atomic mass is 16.5. The summed E-state index contributed by atoms with van der Waals surface area (Å²) < 4.78 is 7.64. The highest BCUT2D eigenvalue weighted by molar-refractivity contribution is 5.94. The summed E-state index contributed by atoms with van der Waals surface area (Å²) in [5.74, 6) is 1.70. The van der Waals surface area contributed by atoms with Gasteiger partial charge in [0.05, 0.1) is 0 Å². The van der Waals surface area contributed by atoms with Crippen molar-refractivity contribution in [2.45, 2.75) is 38.3 Å². The van der Waals surface area contributed by atoms with E-state index in [1.54, 1.807) is 6.20 Å². The second kappa shape index (κ2) is 6.86. The predicted molar refractivity (Wildman–Crippen MR) is 88.3 cm³/mol. The van der Waals surface area contributed by atoms with E-state index in [1.165, 1.54) is 12.8 Å². The fourth-order valence-corrected chi connectivity index (χ4v) is 3.04. The molecule has 5 heteroatoms. The van der Waals surface area contributed by atoms with Gasteiger partial charge in [-0.2, -0.15) is 0 Å². The minimum atomic E-state index is 0.0903. The Hall–Kier alpha value is -2.30. The predicted octanol–water partition coefficient (Wildman–Crippen LogP) is 3.01. The molecule has 1 aliphatic rings. The summed E-state index contributed by atoms with van der Waals surface area (Å²) >= 11 is 0. The molecule has 0 bridgehead atoms. The van der Waals surface area contributed by atoms with Crippen molar-refractivity contribution in [1.29, 1.82) is 0 Å². The van der Waals surface area contributed by atoms with Crippen LogP contribution in [0.2, 0.25) is 0 Å². The van der Waals surface area contributed by atoms with Gasteiger partial charge in [0.1, 0.15) is 18.2 Å². The van der Waals surface area contributed by atoms with Gasteiger partial charge in [0.25, 0.3) is 5.91 Å². The van der Waals surface area contributed by atoms with Crippen LogP contribution in [0.4, 0.5) is 0 Å². The minimum Gasteiger partial charge on any atom is -0.486 e. The molecule has 0 spiro atoms. The van der Waals surface area contributed by atoms with E-state index in [9.17, 15) is 4.79 Å². The first kappa shape index (κ1) is 15.6. The number of carbonyl (C=O) groups excluding carboxylic acids is 1. The molecule has 1 fully saturated rings. The van der Waals surface area contributed by atoms with Gasteiger partial charge in [-0.05, 0) is 37.1 Å². The molecule has 1 aromatic heterocycles. The van der Waals surface area contributed by atoms with E-state index in [2.05, 4.69) is 4.98 Å². The second-order valence-electron chi connectivity index (χ2n) is 6.12. The van der Waals surface area contributed by atoms with Gasteiger partial charge in [-0.3, -0.25) is 4.79 Å². The lowest BCUT2D eigenvalue weighted by Gasteiger charge is -2.24. The molecular weight excluding hydrogens is 290 g/mol. The molecule has 0 atom stereocenters. The first-order valence-corrected chi connectivity index (χ1v) is 8.11. The zero-order valence-corrected chi connectivity index (χ0v) is 13.7. The van der Waals surface area contributed by atoms with E-state index >= 15 is 0 Å². The largest absolute Gasteiger partial charge is 0.486 e. The summed E-state index contributed by atoms with van der Waals surface area (Å²) in [7, 11) is 3.84. The van der Waals surface area contributed by atoms with Gasteiger partial charge >= 0.3 is 0 Å². The average molecular weight is 313 g/mol. The van der Waals surface area contributed by atoms with Gasteiger partial charge in [0, 0.05) is 38.1 Å². The van der Waals surface area contributed by atoms with Crippen molar-refractivity contribution in [3.05, 3.63) is 48.0 Å². The van der Waals surface area contributed by atoms with Crippen LogP contribution in [0.5, 0.6) is 5.75 Å². The number of imidazole rings is 1. The number of benzene rings is 1. The van der Waals surface area contributed by atoms with E-state index < -0.39 is 0 Å². The molecule has 1 saturated carbocycles. The molecule has 1 heterocycles. The van der Waals surface area contributed by atoms with Crippen LogP contribution in [-0.4, -0.2) is 33.4 Å². The summed E-state index contributed by atoms with van der Waals surface area (Å²) in [5.41, 5.74) is 0.712. The Labute approximate surface area is 136 Å². The Morgan fingerprint density at radius 2 is 2.00 bits per heavy atom. The van der Waals surface area contributed by atoms with Crippen molar-refractivity contribution in [2.24, 2.45) is 7.05 Å². The second-order valence-corrected chi connectivity index (χ2v) is 6.12. The van der Waals surface area contributed by atoms with Crippen LogP contribution >= 0.6 is 0 Å². The zero-order valence-electron chi connectivity index (χ0n) is 13.7. The van der Waals surface area contributed by atoms with Gasteiger partial charge in [0.2, 0.25) is 0 Å². The molecule has 2 aromatic rings. The minimum absolute atomic E-state index is 0.0903. The molecule has 0 saturated heterocycles. The summed E-state index contributed by atoms with van der Waals surface area (Å²) in [6, 6.07) is 7.75. The van der Waals surface area contributed by atoms with Crippen LogP contribution in [-0.2, 0) is 13.7 Å². The van der Waals surface area contributed by atoms with Crippen LogP contribution in [0.25, 0.3) is 0 Å². The number of rotatable bonds is 5. The monoisotopic (exact) mass is 313 g/mol. The topological polar surface area (TPSA) is 47.4 Å². The smallest absolute Gasteiger partial charge is 0.253 e. The lowest BCUT2D eigenvalue weighted by Crippen LogP contribution is -2.35. The zero-order chi connectivity index (χ0) is 16.2. The normalized spacial score (nSPS) is 14.9. The summed E-state index contributed by atoms with van der Waals surface area (Å²) in [6.45, 7) is 0.415. The van der Waals surface area contributed by atoms with Crippen LogP contribution in [0.3, 0.4) is 0 Å². The Morgan fingerprint density at radius 3 is 2.61 bits per heavy atom. The molecule has 0 N–H and O–H groups in total. The molecule has 1 aliphatic carbocycles.